The van der Waals surface area contributed by atoms with Gasteiger partial charge in [0.15, 0.2) is 5.96 Å². The van der Waals surface area contributed by atoms with Crippen LogP contribution in [-0.2, 0) is 0 Å². The minimum Gasteiger partial charge on any atom is -0.494 e. The van der Waals surface area contributed by atoms with Crippen LogP contribution in [0.3, 0.4) is 0 Å². The summed E-state index contributed by atoms with van der Waals surface area (Å²) in [4.78, 5) is 4.17. The van der Waals surface area contributed by atoms with E-state index in [0.717, 1.165) is 44.7 Å². The van der Waals surface area contributed by atoms with E-state index in [-0.39, 0.29) is 24.0 Å². The lowest BCUT2D eigenvalue weighted by Crippen LogP contribution is -2.32. The Labute approximate surface area is 139 Å². The molecule has 0 radical (unpaired) electrons. The molecule has 0 aliphatic heterocycles. The van der Waals surface area contributed by atoms with Gasteiger partial charge in [0, 0.05) is 13.1 Å². The molecule has 1 aromatic rings. The molecule has 0 amide bonds. The smallest absolute Gasteiger partial charge is 0.188 e. The predicted molar refractivity (Wildman–Crippen MR) is 96.1 cm³/mol. The van der Waals surface area contributed by atoms with Gasteiger partial charge in [-0.1, -0.05) is 24.6 Å². The van der Waals surface area contributed by atoms with Crippen LogP contribution in [0.4, 0.5) is 0 Å². The number of aryl methyl sites for hydroxylation is 1. The summed E-state index contributed by atoms with van der Waals surface area (Å²) in [5.41, 5.74) is 6.94. The van der Waals surface area contributed by atoms with Gasteiger partial charge in [-0.05, 0) is 38.3 Å². The molecule has 0 unspecified atom stereocenters. The van der Waals surface area contributed by atoms with Crippen LogP contribution in [0.25, 0.3) is 0 Å². The van der Waals surface area contributed by atoms with Crippen molar-refractivity contribution in [3.8, 4) is 5.75 Å². The van der Waals surface area contributed by atoms with Crippen LogP contribution in [0.5, 0.6) is 5.75 Å². The van der Waals surface area contributed by atoms with E-state index in [1.807, 2.05) is 12.1 Å². The fourth-order valence-corrected chi connectivity index (χ4v) is 1.56. The molecule has 0 bridgehead atoms. The van der Waals surface area contributed by atoms with Gasteiger partial charge in [0.1, 0.15) is 5.75 Å². The summed E-state index contributed by atoms with van der Waals surface area (Å²) in [5.74, 6) is 1.48. The fraction of sp³-hybridized carbons (Fsp3) is 0.533. The molecule has 0 spiro atoms. The first kappa shape index (κ1) is 19.0. The zero-order chi connectivity index (χ0) is 13.9. The Morgan fingerprint density at radius 1 is 1.25 bits per heavy atom. The number of nitrogens with two attached hydrogens (primary N) is 1. The van der Waals surface area contributed by atoms with Crippen molar-refractivity contribution in [3.05, 3.63) is 29.8 Å². The molecule has 1 aromatic carbocycles. The lowest BCUT2D eigenvalue weighted by molar-refractivity contribution is 0.307. The molecule has 5 heteroatoms. The van der Waals surface area contributed by atoms with E-state index in [1.54, 1.807) is 0 Å². The number of benzene rings is 1. The molecule has 1 rings (SSSR count). The van der Waals surface area contributed by atoms with Gasteiger partial charge in [0.25, 0.3) is 0 Å². The molecule has 114 valence electrons. The quantitative estimate of drug-likeness (QED) is 0.310. The first-order valence-electron chi connectivity index (χ1n) is 6.95. The van der Waals surface area contributed by atoms with E-state index in [1.165, 1.54) is 5.56 Å². The molecule has 0 saturated heterocycles. The molecule has 0 aromatic heterocycles. The van der Waals surface area contributed by atoms with E-state index in [0.29, 0.717) is 5.96 Å². The first-order chi connectivity index (χ1) is 9.22. The third-order valence-electron chi connectivity index (χ3n) is 2.67. The van der Waals surface area contributed by atoms with Crippen molar-refractivity contribution in [1.29, 1.82) is 0 Å². The van der Waals surface area contributed by atoms with Crippen molar-refractivity contribution in [2.24, 2.45) is 10.7 Å². The van der Waals surface area contributed by atoms with Crippen molar-refractivity contribution in [2.45, 2.75) is 33.1 Å². The molecule has 0 atom stereocenters. The minimum absolute atomic E-state index is 0. The van der Waals surface area contributed by atoms with Crippen molar-refractivity contribution >= 4 is 29.9 Å². The molecule has 0 heterocycles. The number of ether oxygens (including phenoxy) is 1. The van der Waals surface area contributed by atoms with E-state index in [4.69, 9.17) is 10.5 Å². The largest absolute Gasteiger partial charge is 0.494 e. The maximum atomic E-state index is 5.69. The van der Waals surface area contributed by atoms with Gasteiger partial charge < -0.3 is 15.8 Å². The Balaban J connectivity index is 0.00000361. The van der Waals surface area contributed by atoms with Gasteiger partial charge in [-0.2, -0.15) is 0 Å². The number of aliphatic imine (C=N–C) groups is 1. The van der Waals surface area contributed by atoms with Crippen LogP contribution in [0.1, 0.15) is 31.7 Å². The zero-order valence-electron chi connectivity index (χ0n) is 12.4. The number of guanidine groups is 1. The number of hydrogen-bond acceptors (Lipinski definition) is 2. The summed E-state index contributed by atoms with van der Waals surface area (Å²) in [7, 11) is 0. The molecule has 4 nitrogen and oxygen atoms in total. The fourth-order valence-electron chi connectivity index (χ4n) is 1.56. The van der Waals surface area contributed by atoms with E-state index in [9.17, 15) is 0 Å². The lowest BCUT2D eigenvalue weighted by Gasteiger charge is -2.07. The Morgan fingerprint density at radius 2 is 1.95 bits per heavy atom. The second kappa shape index (κ2) is 11.8. The highest BCUT2D eigenvalue weighted by Crippen LogP contribution is 2.11. The van der Waals surface area contributed by atoms with Crippen LogP contribution in [0.2, 0.25) is 0 Å². The number of halogens is 1. The summed E-state index contributed by atoms with van der Waals surface area (Å²) < 4.78 is 5.64. The first-order valence-corrected chi connectivity index (χ1v) is 6.95. The summed E-state index contributed by atoms with van der Waals surface area (Å²) in [5, 5.41) is 3.10. The van der Waals surface area contributed by atoms with Crippen LogP contribution in [0, 0.1) is 6.92 Å². The average molecular weight is 391 g/mol. The molecule has 0 saturated carbocycles. The number of unbranched alkanes of at least 4 members (excludes halogenated alkanes) is 1. The van der Waals surface area contributed by atoms with Gasteiger partial charge in [0.2, 0.25) is 0 Å². The normalized spacial score (nSPS) is 10.8. The number of rotatable bonds is 8. The average Bonchev–Trinajstić information content (AvgIpc) is 2.42. The number of hydrogen-bond donors (Lipinski definition) is 2. The Hall–Kier alpha value is -0.980. The van der Waals surface area contributed by atoms with Gasteiger partial charge in [-0.25, -0.2) is 0 Å². The van der Waals surface area contributed by atoms with Gasteiger partial charge in [0.05, 0.1) is 6.61 Å². The lowest BCUT2D eigenvalue weighted by atomic mass is 10.2. The van der Waals surface area contributed by atoms with Crippen LogP contribution in [-0.4, -0.2) is 25.7 Å². The van der Waals surface area contributed by atoms with Gasteiger partial charge >= 0.3 is 0 Å². The molecule has 20 heavy (non-hydrogen) atoms. The van der Waals surface area contributed by atoms with Crippen molar-refractivity contribution in [3.63, 3.8) is 0 Å². The monoisotopic (exact) mass is 391 g/mol. The minimum atomic E-state index is 0. The Bertz CT molecular complexity index is 379. The summed E-state index contributed by atoms with van der Waals surface area (Å²) in [6, 6.07) is 8.12. The predicted octanol–water partition coefficient (Wildman–Crippen LogP) is 3.09. The Kier molecular flexibility index (Phi) is 11.2. The summed E-state index contributed by atoms with van der Waals surface area (Å²) >= 11 is 0. The maximum Gasteiger partial charge on any atom is 0.188 e. The molecular weight excluding hydrogens is 365 g/mol. The molecular formula is C15H26IN3O. The Morgan fingerprint density at radius 3 is 2.60 bits per heavy atom. The van der Waals surface area contributed by atoms with Crippen molar-refractivity contribution in [2.75, 3.05) is 19.7 Å². The number of nitrogens with one attached hydrogen (secondary N) is 1. The number of nitrogens with zero attached hydrogens (tertiary/aromatic N) is 1. The van der Waals surface area contributed by atoms with Gasteiger partial charge in [-0.3, -0.25) is 4.99 Å². The maximum absolute atomic E-state index is 5.69. The third kappa shape index (κ3) is 9.01. The molecule has 0 fully saturated rings. The summed E-state index contributed by atoms with van der Waals surface area (Å²) in [6.07, 6.45) is 3.04. The second-order valence-corrected chi connectivity index (χ2v) is 4.56. The van der Waals surface area contributed by atoms with E-state index >= 15 is 0 Å². The van der Waals surface area contributed by atoms with E-state index < -0.39 is 0 Å². The standard InChI is InChI=1S/C15H25N3O.HI/c1-3-10-17-15(16)18-11-4-5-12-19-14-8-6-13(2)7-9-14;/h6-9H,3-5,10-12H2,1-2H3,(H3,16,17,18);1H. The molecule has 0 aliphatic carbocycles. The highest BCUT2D eigenvalue weighted by molar-refractivity contribution is 14.0. The second-order valence-electron chi connectivity index (χ2n) is 4.56. The highest BCUT2D eigenvalue weighted by atomic mass is 127. The van der Waals surface area contributed by atoms with Crippen molar-refractivity contribution in [1.82, 2.24) is 5.32 Å². The third-order valence-corrected chi connectivity index (χ3v) is 2.67. The molecule has 3 N–H and O–H groups in total. The van der Waals surface area contributed by atoms with E-state index in [2.05, 4.69) is 36.3 Å². The van der Waals surface area contributed by atoms with Gasteiger partial charge in [-0.15, -0.1) is 24.0 Å². The topological polar surface area (TPSA) is 59.6 Å². The van der Waals surface area contributed by atoms with Crippen molar-refractivity contribution < 1.29 is 4.74 Å². The van der Waals surface area contributed by atoms with Crippen LogP contribution in [0.15, 0.2) is 29.3 Å². The zero-order valence-corrected chi connectivity index (χ0v) is 14.7. The summed E-state index contributed by atoms with van der Waals surface area (Å²) in [6.45, 7) is 6.52. The van der Waals surface area contributed by atoms with Crippen LogP contribution < -0.4 is 15.8 Å². The van der Waals surface area contributed by atoms with Crippen LogP contribution >= 0.6 is 24.0 Å². The SMILES string of the molecule is CCCN=C(N)NCCCCOc1ccc(C)cc1.I. The molecule has 0 aliphatic rings. The highest BCUT2D eigenvalue weighted by Gasteiger charge is 1.94.